The number of nitrogens with two attached hydrogens (primary N) is 1. The van der Waals surface area contributed by atoms with Gasteiger partial charge in [-0.2, -0.15) is 0 Å². The average Bonchev–Trinajstić information content (AvgIpc) is 2.74. The molecule has 0 aliphatic rings. The molecule has 0 aromatic carbocycles. The lowest BCUT2D eigenvalue weighted by Crippen LogP contribution is -1.99. The van der Waals surface area contributed by atoms with Crippen molar-refractivity contribution in [3.8, 4) is 10.7 Å². The van der Waals surface area contributed by atoms with Gasteiger partial charge < -0.3 is 5.73 Å². The van der Waals surface area contributed by atoms with E-state index in [2.05, 4.69) is 28.8 Å². The summed E-state index contributed by atoms with van der Waals surface area (Å²) in [6.07, 6.45) is 3.26. The van der Waals surface area contributed by atoms with Gasteiger partial charge in [0.2, 0.25) is 0 Å². The van der Waals surface area contributed by atoms with Crippen LogP contribution >= 0.6 is 11.3 Å². The molecule has 0 amide bonds. The van der Waals surface area contributed by atoms with Gasteiger partial charge in [0.15, 0.2) is 0 Å². The number of rotatable bonds is 3. The lowest BCUT2D eigenvalue weighted by atomic mass is 10.1. The van der Waals surface area contributed by atoms with E-state index in [1.807, 2.05) is 6.07 Å². The molecule has 0 bridgehead atoms. The Bertz CT molecular complexity index is 464. The lowest BCUT2D eigenvalue weighted by Gasteiger charge is -2.01. The Morgan fingerprint density at radius 2 is 2.25 bits per heavy atom. The van der Waals surface area contributed by atoms with Gasteiger partial charge in [0, 0.05) is 17.6 Å². The van der Waals surface area contributed by atoms with Crippen LogP contribution < -0.4 is 5.73 Å². The quantitative estimate of drug-likeness (QED) is 0.884. The second kappa shape index (κ2) is 4.67. The molecule has 0 fully saturated rings. The predicted molar refractivity (Wildman–Crippen MR) is 65.1 cm³/mol. The Hall–Kier alpha value is -1.33. The van der Waals surface area contributed by atoms with Crippen LogP contribution in [-0.4, -0.2) is 15.0 Å². The van der Waals surface area contributed by atoms with Gasteiger partial charge in [-0.05, 0) is 12.0 Å². The van der Waals surface area contributed by atoms with Crippen LogP contribution in [0.25, 0.3) is 10.7 Å². The van der Waals surface area contributed by atoms with Crippen LogP contribution in [0.2, 0.25) is 0 Å². The van der Waals surface area contributed by atoms with Crippen molar-refractivity contribution in [2.24, 2.45) is 5.73 Å². The molecule has 0 aliphatic carbocycles. The first kappa shape index (κ1) is 11.2. The third-order valence-electron chi connectivity index (χ3n) is 2.26. The monoisotopic (exact) mass is 234 g/mol. The van der Waals surface area contributed by atoms with Gasteiger partial charge in [0.25, 0.3) is 0 Å². The van der Waals surface area contributed by atoms with Crippen molar-refractivity contribution in [1.82, 2.24) is 15.0 Å². The van der Waals surface area contributed by atoms with Crippen molar-refractivity contribution >= 4 is 11.3 Å². The van der Waals surface area contributed by atoms with Crippen LogP contribution in [0.15, 0.2) is 18.6 Å². The highest BCUT2D eigenvalue weighted by molar-refractivity contribution is 7.15. The minimum atomic E-state index is 0.394. The van der Waals surface area contributed by atoms with E-state index < -0.39 is 0 Å². The highest BCUT2D eigenvalue weighted by Gasteiger charge is 2.14. The first-order chi connectivity index (χ1) is 7.72. The van der Waals surface area contributed by atoms with Crippen molar-refractivity contribution in [1.29, 1.82) is 0 Å². The largest absolute Gasteiger partial charge is 0.326 e. The SMILES string of the molecule is CC(C)c1nc(-c2ccncn2)sc1CN. The lowest BCUT2D eigenvalue weighted by molar-refractivity contribution is 0.813. The fourth-order valence-electron chi connectivity index (χ4n) is 1.49. The number of hydrogen-bond donors (Lipinski definition) is 1. The Balaban J connectivity index is 2.44. The third-order valence-corrected chi connectivity index (χ3v) is 3.38. The highest BCUT2D eigenvalue weighted by atomic mass is 32.1. The smallest absolute Gasteiger partial charge is 0.142 e. The molecule has 16 heavy (non-hydrogen) atoms. The molecule has 0 saturated carbocycles. The van der Waals surface area contributed by atoms with Crippen molar-refractivity contribution in [2.75, 3.05) is 0 Å². The molecular weight excluding hydrogens is 220 g/mol. The number of nitrogens with zero attached hydrogens (tertiary/aromatic N) is 3. The minimum Gasteiger partial charge on any atom is -0.326 e. The van der Waals surface area contributed by atoms with E-state index in [0.717, 1.165) is 21.3 Å². The van der Waals surface area contributed by atoms with E-state index >= 15 is 0 Å². The molecule has 0 radical (unpaired) electrons. The molecule has 2 rings (SSSR count). The third kappa shape index (κ3) is 2.10. The molecule has 2 heterocycles. The van der Waals surface area contributed by atoms with Crippen molar-refractivity contribution in [3.05, 3.63) is 29.2 Å². The van der Waals surface area contributed by atoms with Crippen molar-refractivity contribution < 1.29 is 0 Å². The normalized spacial score (nSPS) is 11.0. The van der Waals surface area contributed by atoms with E-state index in [0.29, 0.717) is 12.5 Å². The first-order valence-electron chi connectivity index (χ1n) is 5.18. The molecule has 4 nitrogen and oxygen atoms in total. The van der Waals surface area contributed by atoms with Gasteiger partial charge in [-0.1, -0.05) is 13.8 Å². The topological polar surface area (TPSA) is 64.7 Å². The fourth-order valence-corrected chi connectivity index (χ4v) is 2.56. The molecule has 0 atom stereocenters. The summed E-state index contributed by atoms with van der Waals surface area (Å²) in [4.78, 5) is 13.8. The summed E-state index contributed by atoms with van der Waals surface area (Å²) < 4.78 is 0. The summed E-state index contributed by atoms with van der Waals surface area (Å²) in [5.74, 6) is 0.394. The fraction of sp³-hybridized carbons (Fsp3) is 0.364. The van der Waals surface area contributed by atoms with Gasteiger partial charge >= 0.3 is 0 Å². The zero-order chi connectivity index (χ0) is 11.5. The zero-order valence-corrected chi connectivity index (χ0v) is 10.2. The number of aromatic nitrogens is 3. The molecule has 0 aliphatic heterocycles. The molecular formula is C11H14N4S. The molecule has 5 heteroatoms. The second-order valence-electron chi connectivity index (χ2n) is 3.78. The molecule has 0 saturated heterocycles. The molecule has 0 unspecified atom stereocenters. The van der Waals surface area contributed by atoms with Crippen LogP contribution in [0, 0.1) is 0 Å². The number of thiazole rings is 1. The summed E-state index contributed by atoms with van der Waals surface area (Å²) in [5.41, 5.74) is 7.66. The Kier molecular flexibility index (Phi) is 3.26. The Labute approximate surface area is 98.6 Å². The van der Waals surface area contributed by atoms with Gasteiger partial charge in [0.05, 0.1) is 5.69 Å². The Morgan fingerprint density at radius 3 is 2.75 bits per heavy atom. The van der Waals surface area contributed by atoms with Crippen molar-refractivity contribution in [3.63, 3.8) is 0 Å². The highest BCUT2D eigenvalue weighted by Crippen LogP contribution is 2.30. The van der Waals surface area contributed by atoms with Crippen LogP contribution in [0.4, 0.5) is 0 Å². The standard InChI is InChI=1S/C11H14N4S/c1-7(2)10-9(5-12)16-11(15-10)8-3-4-13-6-14-8/h3-4,6-7H,5,12H2,1-2H3. The van der Waals surface area contributed by atoms with E-state index in [4.69, 9.17) is 5.73 Å². The summed E-state index contributed by atoms with van der Waals surface area (Å²) in [7, 11) is 0. The van der Waals surface area contributed by atoms with Gasteiger partial charge in [0.1, 0.15) is 17.0 Å². The number of hydrogen-bond acceptors (Lipinski definition) is 5. The maximum absolute atomic E-state index is 5.72. The van der Waals surface area contributed by atoms with Crippen LogP contribution in [0.1, 0.15) is 30.3 Å². The minimum absolute atomic E-state index is 0.394. The average molecular weight is 234 g/mol. The van der Waals surface area contributed by atoms with E-state index in [9.17, 15) is 0 Å². The van der Waals surface area contributed by atoms with Crippen molar-refractivity contribution in [2.45, 2.75) is 26.3 Å². The summed E-state index contributed by atoms with van der Waals surface area (Å²) in [6, 6.07) is 1.86. The molecule has 84 valence electrons. The van der Waals surface area contributed by atoms with E-state index in [1.54, 1.807) is 17.5 Å². The Morgan fingerprint density at radius 1 is 1.44 bits per heavy atom. The maximum atomic E-state index is 5.72. The summed E-state index contributed by atoms with van der Waals surface area (Å²) in [6.45, 7) is 4.78. The second-order valence-corrected chi connectivity index (χ2v) is 4.86. The summed E-state index contributed by atoms with van der Waals surface area (Å²) in [5, 5.41) is 0.923. The maximum Gasteiger partial charge on any atom is 0.142 e. The summed E-state index contributed by atoms with van der Waals surface area (Å²) >= 11 is 1.61. The van der Waals surface area contributed by atoms with Crippen LogP contribution in [0.5, 0.6) is 0 Å². The van der Waals surface area contributed by atoms with Crippen LogP contribution in [-0.2, 0) is 6.54 Å². The van der Waals surface area contributed by atoms with E-state index in [-0.39, 0.29) is 0 Å². The molecule has 2 aromatic rings. The van der Waals surface area contributed by atoms with Gasteiger partial charge in [-0.15, -0.1) is 11.3 Å². The molecule has 2 aromatic heterocycles. The van der Waals surface area contributed by atoms with Gasteiger partial charge in [-0.3, -0.25) is 0 Å². The predicted octanol–water partition coefficient (Wildman–Crippen LogP) is 2.18. The molecule has 0 spiro atoms. The van der Waals surface area contributed by atoms with Gasteiger partial charge in [-0.25, -0.2) is 15.0 Å². The van der Waals surface area contributed by atoms with Crippen LogP contribution in [0.3, 0.4) is 0 Å². The first-order valence-corrected chi connectivity index (χ1v) is 6.00. The zero-order valence-electron chi connectivity index (χ0n) is 9.34. The van der Waals surface area contributed by atoms with E-state index in [1.165, 1.54) is 6.33 Å². The molecule has 2 N–H and O–H groups in total.